The first-order valence-electron chi connectivity index (χ1n) is 5.99. The molecular weight excluding hydrogens is 306 g/mol. The molecule has 1 heterocycles. The van der Waals surface area contributed by atoms with Crippen LogP contribution in [0.2, 0.25) is 0 Å². The van der Waals surface area contributed by atoms with Gasteiger partial charge in [-0.15, -0.1) is 0 Å². The second kappa shape index (κ2) is 5.97. The summed E-state index contributed by atoms with van der Waals surface area (Å²) in [5.74, 6) is 0.583. The second-order valence-corrected chi connectivity index (χ2v) is 5.30. The van der Waals surface area contributed by atoms with E-state index in [0.717, 1.165) is 4.47 Å². The molecule has 1 aromatic carbocycles. The number of hydrogen-bond acceptors (Lipinski definition) is 3. The molecule has 19 heavy (non-hydrogen) atoms. The number of pyridine rings is 1. The molecule has 0 saturated heterocycles. The molecule has 0 amide bonds. The molecule has 0 aliphatic carbocycles. The summed E-state index contributed by atoms with van der Waals surface area (Å²) in [5, 5.41) is 0. The van der Waals surface area contributed by atoms with E-state index < -0.39 is 0 Å². The summed E-state index contributed by atoms with van der Waals surface area (Å²) in [4.78, 5) is 16.4. The van der Waals surface area contributed by atoms with Crippen LogP contribution in [0.15, 0.2) is 47.1 Å². The average molecular weight is 320 g/mol. The Kier molecular flexibility index (Phi) is 4.32. The maximum Gasteiger partial charge on any atom is 0.211 e. The third-order valence-electron chi connectivity index (χ3n) is 2.43. The Bertz CT molecular complexity index is 579. The Labute approximate surface area is 120 Å². The van der Waals surface area contributed by atoms with Gasteiger partial charge < -0.3 is 4.74 Å². The molecule has 2 rings (SSSR count). The Hall–Kier alpha value is -1.68. The quantitative estimate of drug-likeness (QED) is 0.803. The molecule has 0 radical (unpaired) electrons. The summed E-state index contributed by atoms with van der Waals surface area (Å²) in [6, 6.07) is 10.7. The summed E-state index contributed by atoms with van der Waals surface area (Å²) >= 11 is 3.30. The highest BCUT2D eigenvalue weighted by atomic mass is 79.9. The Morgan fingerprint density at radius 1 is 1.26 bits per heavy atom. The largest absolute Gasteiger partial charge is 0.491 e. The summed E-state index contributed by atoms with van der Waals surface area (Å²) in [5.41, 5.74) is 0.998. The van der Waals surface area contributed by atoms with Crippen LogP contribution in [0, 0.1) is 0 Å². The van der Waals surface area contributed by atoms with Crippen LogP contribution in [0.4, 0.5) is 0 Å². The molecule has 0 unspecified atom stereocenters. The SMILES string of the molecule is CC(C)Oc1cccc(C(=O)c2ccc(Br)cn2)c1. The normalized spacial score (nSPS) is 10.5. The van der Waals surface area contributed by atoms with Gasteiger partial charge in [0.15, 0.2) is 0 Å². The van der Waals surface area contributed by atoms with E-state index in [0.29, 0.717) is 17.0 Å². The van der Waals surface area contributed by atoms with Crippen molar-refractivity contribution >= 4 is 21.7 Å². The van der Waals surface area contributed by atoms with E-state index in [-0.39, 0.29) is 11.9 Å². The smallest absolute Gasteiger partial charge is 0.211 e. The summed E-state index contributed by atoms with van der Waals surface area (Å²) < 4.78 is 6.43. The van der Waals surface area contributed by atoms with E-state index in [4.69, 9.17) is 4.74 Å². The van der Waals surface area contributed by atoms with Crippen LogP contribution in [0.25, 0.3) is 0 Å². The number of halogens is 1. The van der Waals surface area contributed by atoms with Crippen molar-refractivity contribution in [2.45, 2.75) is 20.0 Å². The molecule has 0 spiro atoms. The van der Waals surface area contributed by atoms with Gasteiger partial charge in [-0.1, -0.05) is 12.1 Å². The van der Waals surface area contributed by atoms with E-state index in [2.05, 4.69) is 20.9 Å². The van der Waals surface area contributed by atoms with E-state index in [1.54, 1.807) is 30.5 Å². The number of hydrogen-bond donors (Lipinski definition) is 0. The molecule has 98 valence electrons. The fourth-order valence-corrected chi connectivity index (χ4v) is 1.88. The molecule has 2 aromatic rings. The predicted molar refractivity (Wildman–Crippen MR) is 77.6 cm³/mol. The molecule has 0 bridgehead atoms. The maximum atomic E-state index is 12.3. The number of ketones is 1. The van der Waals surface area contributed by atoms with Crippen molar-refractivity contribution in [1.29, 1.82) is 0 Å². The lowest BCUT2D eigenvalue weighted by molar-refractivity contribution is 0.103. The lowest BCUT2D eigenvalue weighted by Crippen LogP contribution is -2.07. The zero-order chi connectivity index (χ0) is 13.8. The van der Waals surface area contributed by atoms with Gasteiger partial charge >= 0.3 is 0 Å². The highest BCUT2D eigenvalue weighted by Gasteiger charge is 2.11. The third kappa shape index (κ3) is 3.64. The molecule has 0 atom stereocenters. The van der Waals surface area contributed by atoms with Crippen LogP contribution >= 0.6 is 15.9 Å². The van der Waals surface area contributed by atoms with Gasteiger partial charge in [0.25, 0.3) is 0 Å². The minimum atomic E-state index is -0.110. The van der Waals surface area contributed by atoms with Crippen molar-refractivity contribution in [3.05, 3.63) is 58.3 Å². The minimum absolute atomic E-state index is 0.0798. The molecule has 3 nitrogen and oxygen atoms in total. The standard InChI is InChI=1S/C15H14BrNO2/c1-10(2)19-13-5-3-4-11(8-13)15(18)14-7-6-12(16)9-17-14/h3-10H,1-2H3. The molecule has 0 aliphatic rings. The van der Waals surface area contributed by atoms with Crippen LogP contribution in [-0.2, 0) is 0 Å². The highest BCUT2D eigenvalue weighted by Crippen LogP contribution is 2.18. The minimum Gasteiger partial charge on any atom is -0.491 e. The van der Waals surface area contributed by atoms with Crippen LogP contribution in [-0.4, -0.2) is 16.9 Å². The van der Waals surface area contributed by atoms with Gasteiger partial charge in [0.1, 0.15) is 11.4 Å². The fraction of sp³-hybridized carbons (Fsp3) is 0.200. The number of ether oxygens (including phenoxy) is 1. The van der Waals surface area contributed by atoms with Gasteiger partial charge in [-0.3, -0.25) is 9.78 Å². The summed E-state index contributed by atoms with van der Waals surface area (Å²) in [6.07, 6.45) is 1.69. The van der Waals surface area contributed by atoms with E-state index in [9.17, 15) is 4.79 Å². The Balaban J connectivity index is 2.26. The van der Waals surface area contributed by atoms with Crippen molar-refractivity contribution in [2.75, 3.05) is 0 Å². The zero-order valence-electron chi connectivity index (χ0n) is 10.8. The van der Waals surface area contributed by atoms with E-state index >= 15 is 0 Å². The highest BCUT2D eigenvalue weighted by molar-refractivity contribution is 9.10. The molecular formula is C15H14BrNO2. The van der Waals surface area contributed by atoms with Gasteiger partial charge in [-0.05, 0) is 54.0 Å². The second-order valence-electron chi connectivity index (χ2n) is 4.39. The Morgan fingerprint density at radius 3 is 2.68 bits per heavy atom. The van der Waals surface area contributed by atoms with Crippen molar-refractivity contribution < 1.29 is 9.53 Å². The van der Waals surface area contributed by atoms with Crippen molar-refractivity contribution in [3.8, 4) is 5.75 Å². The first-order valence-corrected chi connectivity index (χ1v) is 6.78. The fourth-order valence-electron chi connectivity index (χ4n) is 1.64. The number of nitrogens with zero attached hydrogens (tertiary/aromatic N) is 1. The van der Waals surface area contributed by atoms with Gasteiger partial charge in [0, 0.05) is 16.2 Å². The van der Waals surface area contributed by atoms with Crippen LogP contribution in [0.3, 0.4) is 0 Å². The van der Waals surface area contributed by atoms with Crippen molar-refractivity contribution in [3.63, 3.8) is 0 Å². The number of carbonyl (C=O) groups excluding carboxylic acids is 1. The van der Waals surface area contributed by atoms with Crippen LogP contribution < -0.4 is 4.74 Å². The topological polar surface area (TPSA) is 39.2 Å². The molecule has 0 saturated carbocycles. The van der Waals surface area contributed by atoms with Gasteiger partial charge in [-0.25, -0.2) is 0 Å². The van der Waals surface area contributed by atoms with Gasteiger partial charge in [0.2, 0.25) is 5.78 Å². The first-order chi connectivity index (χ1) is 9.06. The number of aromatic nitrogens is 1. The van der Waals surface area contributed by atoms with Crippen molar-refractivity contribution in [2.24, 2.45) is 0 Å². The predicted octanol–water partition coefficient (Wildman–Crippen LogP) is 3.86. The number of carbonyl (C=O) groups is 1. The monoisotopic (exact) mass is 319 g/mol. The molecule has 0 N–H and O–H groups in total. The molecule has 0 aliphatic heterocycles. The van der Waals surface area contributed by atoms with Crippen LogP contribution in [0.5, 0.6) is 5.75 Å². The van der Waals surface area contributed by atoms with Crippen LogP contribution in [0.1, 0.15) is 29.9 Å². The first kappa shape index (κ1) is 13.7. The molecule has 0 fully saturated rings. The molecule has 4 heteroatoms. The number of rotatable bonds is 4. The Morgan fingerprint density at radius 2 is 2.05 bits per heavy atom. The average Bonchev–Trinajstić information content (AvgIpc) is 2.38. The van der Waals surface area contributed by atoms with Crippen molar-refractivity contribution in [1.82, 2.24) is 4.98 Å². The maximum absolute atomic E-state index is 12.3. The number of benzene rings is 1. The zero-order valence-corrected chi connectivity index (χ0v) is 12.3. The lowest BCUT2D eigenvalue weighted by atomic mass is 10.1. The molecule has 1 aromatic heterocycles. The third-order valence-corrected chi connectivity index (χ3v) is 2.90. The van der Waals surface area contributed by atoms with Gasteiger partial charge in [-0.2, -0.15) is 0 Å². The van der Waals surface area contributed by atoms with E-state index in [1.807, 2.05) is 26.0 Å². The van der Waals surface area contributed by atoms with Gasteiger partial charge in [0.05, 0.1) is 6.10 Å². The van der Waals surface area contributed by atoms with E-state index in [1.165, 1.54) is 0 Å². The lowest BCUT2D eigenvalue weighted by Gasteiger charge is -2.10. The summed E-state index contributed by atoms with van der Waals surface area (Å²) in [7, 11) is 0. The summed E-state index contributed by atoms with van der Waals surface area (Å²) in [6.45, 7) is 3.90.